The van der Waals surface area contributed by atoms with Crippen LogP contribution < -0.4 is 14.2 Å². The zero-order valence-electron chi connectivity index (χ0n) is 13.1. The minimum atomic E-state index is 0.301. The molecule has 0 spiro atoms. The van der Waals surface area contributed by atoms with Crippen molar-refractivity contribution in [1.29, 1.82) is 0 Å². The van der Waals surface area contributed by atoms with Gasteiger partial charge in [-0.05, 0) is 55.7 Å². The van der Waals surface area contributed by atoms with Gasteiger partial charge < -0.3 is 14.2 Å². The van der Waals surface area contributed by atoms with Crippen LogP contribution >= 0.6 is 0 Å². The molecule has 0 radical (unpaired) electrons. The number of fused-ring (bicyclic) bond motifs is 1. The van der Waals surface area contributed by atoms with Gasteiger partial charge in [-0.2, -0.15) is 0 Å². The molecular formula is C18H24O3. The first-order valence-corrected chi connectivity index (χ1v) is 7.73. The van der Waals surface area contributed by atoms with Crippen molar-refractivity contribution in [3.63, 3.8) is 0 Å². The second-order valence-corrected chi connectivity index (χ2v) is 6.80. The Hall–Kier alpha value is -1.64. The van der Waals surface area contributed by atoms with E-state index in [1.165, 1.54) is 24.8 Å². The van der Waals surface area contributed by atoms with Crippen molar-refractivity contribution in [2.75, 3.05) is 13.4 Å². The van der Waals surface area contributed by atoms with Crippen LogP contribution in [-0.4, -0.2) is 13.4 Å². The van der Waals surface area contributed by atoms with Gasteiger partial charge in [0, 0.05) is 6.07 Å². The Balaban J connectivity index is 1.43. The van der Waals surface area contributed by atoms with Gasteiger partial charge in [-0.15, -0.1) is 0 Å². The SMILES string of the molecule is CC(=CCOc1ccc2c(c1)OCO2)CCC1CC1(C)C. The van der Waals surface area contributed by atoms with Gasteiger partial charge in [-0.3, -0.25) is 0 Å². The molecule has 2 aliphatic rings. The molecule has 0 amide bonds. The second-order valence-electron chi connectivity index (χ2n) is 6.80. The van der Waals surface area contributed by atoms with Crippen LogP contribution in [0.1, 0.15) is 40.0 Å². The molecule has 0 aromatic heterocycles. The number of hydrogen-bond acceptors (Lipinski definition) is 3. The predicted octanol–water partition coefficient (Wildman–Crippen LogP) is 4.57. The number of hydrogen-bond donors (Lipinski definition) is 0. The fourth-order valence-electron chi connectivity index (χ4n) is 2.82. The molecule has 1 aromatic carbocycles. The predicted molar refractivity (Wildman–Crippen MR) is 82.9 cm³/mol. The fourth-order valence-corrected chi connectivity index (χ4v) is 2.82. The number of ether oxygens (including phenoxy) is 3. The molecule has 1 unspecified atom stereocenters. The summed E-state index contributed by atoms with van der Waals surface area (Å²) < 4.78 is 16.4. The lowest BCUT2D eigenvalue weighted by Gasteiger charge is -2.06. The Morgan fingerprint density at radius 2 is 2.10 bits per heavy atom. The highest BCUT2D eigenvalue weighted by atomic mass is 16.7. The van der Waals surface area contributed by atoms with E-state index in [2.05, 4.69) is 26.8 Å². The molecular weight excluding hydrogens is 264 g/mol. The van der Waals surface area contributed by atoms with Gasteiger partial charge in [-0.1, -0.05) is 19.4 Å². The van der Waals surface area contributed by atoms with Gasteiger partial charge >= 0.3 is 0 Å². The van der Waals surface area contributed by atoms with Crippen molar-refractivity contribution in [2.45, 2.75) is 40.0 Å². The van der Waals surface area contributed by atoms with Crippen molar-refractivity contribution in [1.82, 2.24) is 0 Å². The largest absolute Gasteiger partial charge is 0.489 e. The third-order valence-electron chi connectivity index (χ3n) is 4.63. The number of allylic oxidation sites excluding steroid dienone is 1. The standard InChI is InChI=1S/C18H24O3/c1-13(4-5-14-11-18(14,2)3)8-9-19-15-6-7-16-17(10-15)21-12-20-16/h6-8,10,14H,4-5,9,11-12H2,1-3H3. The highest BCUT2D eigenvalue weighted by Crippen LogP contribution is 2.54. The minimum absolute atomic E-state index is 0.301. The highest BCUT2D eigenvalue weighted by molar-refractivity contribution is 5.46. The molecule has 0 N–H and O–H groups in total. The Labute approximate surface area is 126 Å². The van der Waals surface area contributed by atoms with Crippen LogP contribution in [-0.2, 0) is 0 Å². The van der Waals surface area contributed by atoms with Crippen LogP contribution in [0.3, 0.4) is 0 Å². The summed E-state index contributed by atoms with van der Waals surface area (Å²) in [6, 6.07) is 5.70. The molecule has 3 heteroatoms. The quantitative estimate of drug-likeness (QED) is 0.718. The molecule has 1 aliphatic heterocycles. The van der Waals surface area contributed by atoms with E-state index in [0.29, 0.717) is 18.8 Å². The molecule has 0 bridgehead atoms. The first-order chi connectivity index (χ1) is 10.0. The molecule has 1 atom stereocenters. The Kier molecular flexibility index (Phi) is 3.83. The van der Waals surface area contributed by atoms with Gasteiger partial charge in [0.15, 0.2) is 11.5 Å². The first kappa shape index (κ1) is 14.3. The van der Waals surface area contributed by atoms with Crippen molar-refractivity contribution >= 4 is 0 Å². The van der Waals surface area contributed by atoms with Gasteiger partial charge in [-0.25, -0.2) is 0 Å². The maximum atomic E-state index is 5.75. The summed E-state index contributed by atoms with van der Waals surface area (Å²) in [6.45, 7) is 7.83. The summed E-state index contributed by atoms with van der Waals surface area (Å²) in [6.07, 6.45) is 6.05. The molecule has 3 rings (SSSR count). The summed E-state index contributed by atoms with van der Waals surface area (Å²) >= 11 is 0. The van der Waals surface area contributed by atoms with E-state index >= 15 is 0 Å². The lowest BCUT2D eigenvalue weighted by Crippen LogP contribution is -1.96. The summed E-state index contributed by atoms with van der Waals surface area (Å²) in [4.78, 5) is 0. The van der Waals surface area contributed by atoms with Gasteiger partial charge in [0.25, 0.3) is 0 Å². The molecule has 1 heterocycles. The Morgan fingerprint density at radius 3 is 2.86 bits per heavy atom. The van der Waals surface area contributed by atoms with Crippen LogP contribution in [0.5, 0.6) is 17.2 Å². The van der Waals surface area contributed by atoms with E-state index in [4.69, 9.17) is 14.2 Å². The molecule has 1 aliphatic carbocycles. The van der Waals surface area contributed by atoms with Crippen LogP contribution in [0.4, 0.5) is 0 Å². The average Bonchev–Trinajstić information content (AvgIpc) is 2.86. The smallest absolute Gasteiger partial charge is 0.231 e. The van der Waals surface area contributed by atoms with Crippen molar-refractivity contribution in [3.8, 4) is 17.2 Å². The van der Waals surface area contributed by atoms with Crippen LogP contribution in [0, 0.1) is 11.3 Å². The van der Waals surface area contributed by atoms with E-state index in [9.17, 15) is 0 Å². The Bertz CT molecular complexity index is 545. The monoisotopic (exact) mass is 288 g/mol. The summed E-state index contributed by atoms with van der Waals surface area (Å²) in [5.74, 6) is 3.30. The molecule has 21 heavy (non-hydrogen) atoms. The Morgan fingerprint density at radius 1 is 1.33 bits per heavy atom. The van der Waals surface area contributed by atoms with E-state index in [1.807, 2.05) is 18.2 Å². The average molecular weight is 288 g/mol. The van der Waals surface area contributed by atoms with E-state index in [0.717, 1.165) is 23.2 Å². The first-order valence-electron chi connectivity index (χ1n) is 7.73. The highest BCUT2D eigenvalue weighted by Gasteiger charge is 2.44. The lowest BCUT2D eigenvalue weighted by atomic mass is 10.0. The zero-order chi connectivity index (χ0) is 14.9. The van der Waals surface area contributed by atoms with Crippen molar-refractivity contribution in [2.24, 2.45) is 11.3 Å². The topological polar surface area (TPSA) is 27.7 Å². The molecule has 0 saturated heterocycles. The zero-order valence-corrected chi connectivity index (χ0v) is 13.1. The molecule has 1 saturated carbocycles. The van der Waals surface area contributed by atoms with Crippen molar-refractivity contribution < 1.29 is 14.2 Å². The summed E-state index contributed by atoms with van der Waals surface area (Å²) in [5, 5.41) is 0. The molecule has 1 fully saturated rings. The lowest BCUT2D eigenvalue weighted by molar-refractivity contribution is 0.174. The van der Waals surface area contributed by atoms with E-state index < -0.39 is 0 Å². The number of benzene rings is 1. The third-order valence-corrected chi connectivity index (χ3v) is 4.63. The van der Waals surface area contributed by atoms with Gasteiger partial charge in [0.2, 0.25) is 6.79 Å². The van der Waals surface area contributed by atoms with Crippen LogP contribution in [0.15, 0.2) is 29.8 Å². The molecule has 114 valence electrons. The van der Waals surface area contributed by atoms with E-state index in [1.54, 1.807) is 0 Å². The second kappa shape index (κ2) is 5.63. The maximum absolute atomic E-state index is 5.75. The normalized spacial score (nSPS) is 22.2. The summed E-state index contributed by atoms with van der Waals surface area (Å²) in [7, 11) is 0. The fraction of sp³-hybridized carbons (Fsp3) is 0.556. The third kappa shape index (κ3) is 3.52. The van der Waals surface area contributed by atoms with E-state index in [-0.39, 0.29) is 0 Å². The van der Waals surface area contributed by atoms with Gasteiger partial charge in [0.05, 0.1) is 0 Å². The maximum Gasteiger partial charge on any atom is 0.231 e. The van der Waals surface area contributed by atoms with Gasteiger partial charge in [0.1, 0.15) is 12.4 Å². The van der Waals surface area contributed by atoms with Crippen LogP contribution in [0.2, 0.25) is 0 Å². The summed E-state index contributed by atoms with van der Waals surface area (Å²) in [5.41, 5.74) is 2.00. The van der Waals surface area contributed by atoms with Crippen molar-refractivity contribution in [3.05, 3.63) is 29.8 Å². The van der Waals surface area contributed by atoms with Crippen LogP contribution in [0.25, 0.3) is 0 Å². The number of rotatable bonds is 6. The molecule has 1 aromatic rings. The minimum Gasteiger partial charge on any atom is -0.489 e. The molecule has 3 nitrogen and oxygen atoms in total.